The summed E-state index contributed by atoms with van der Waals surface area (Å²) in [6, 6.07) is 0.299. The lowest BCUT2D eigenvalue weighted by molar-refractivity contribution is 0.181. The van der Waals surface area contributed by atoms with E-state index in [1.54, 1.807) is 18.4 Å². The van der Waals surface area contributed by atoms with E-state index in [0.29, 0.717) is 6.04 Å². The van der Waals surface area contributed by atoms with Gasteiger partial charge in [0.1, 0.15) is 5.01 Å². The highest BCUT2D eigenvalue weighted by atomic mass is 32.1. The van der Waals surface area contributed by atoms with E-state index >= 15 is 0 Å². The SMILES string of the molecule is COCCNC(c1nccs1)C(C)(C)C. The molecule has 1 N–H and O–H groups in total. The maximum absolute atomic E-state index is 5.04. The number of nitrogens with zero attached hydrogens (tertiary/aromatic N) is 1. The van der Waals surface area contributed by atoms with Crippen molar-refractivity contribution in [2.45, 2.75) is 26.8 Å². The Morgan fingerprint density at radius 1 is 1.53 bits per heavy atom. The number of hydrogen-bond acceptors (Lipinski definition) is 4. The standard InChI is InChI=1S/C11H20N2OS/c1-11(2,3)9(12-5-7-14-4)10-13-6-8-15-10/h6,8-9,12H,5,7H2,1-4H3. The van der Waals surface area contributed by atoms with E-state index < -0.39 is 0 Å². The number of thiazole rings is 1. The zero-order valence-electron chi connectivity index (χ0n) is 9.91. The Labute approximate surface area is 95.9 Å². The monoisotopic (exact) mass is 228 g/mol. The number of ether oxygens (including phenoxy) is 1. The van der Waals surface area contributed by atoms with E-state index in [-0.39, 0.29) is 5.41 Å². The first kappa shape index (κ1) is 12.6. The number of hydrogen-bond donors (Lipinski definition) is 1. The first-order valence-electron chi connectivity index (χ1n) is 5.17. The fourth-order valence-corrected chi connectivity index (χ4v) is 2.40. The number of rotatable bonds is 5. The van der Waals surface area contributed by atoms with Crippen LogP contribution in [0, 0.1) is 5.41 Å². The van der Waals surface area contributed by atoms with E-state index in [2.05, 4.69) is 31.1 Å². The van der Waals surface area contributed by atoms with Gasteiger partial charge in [-0.3, -0.25) is 0 Å². The van der Waals surface area contributed by atoms with Crippen molar-refractivity contribution < 1.29 is 4.74 Å². The van der Waals surface area contributed by atoms with Crippen molar-refractivity contribution in [2.75, 3.05) is 20.3 Å². The summed E-state index contributed by atoms with van der Waals surface area (Å²) in [6.07, 6.45) is 1.86. The molecule has 0 amide bonds. The average Bonchev–Trinajstić information content (AvgIpc) is 2.63. The van der Waals surface area contributed by atoms with Crippen LogP contribution in [-0.2, 0) is 4.74 Å². The molecule has 0 aliphatic carbocycles. The second kappa shape index (κ2) is 5.58. The maximum atomic E-state index is 5.04. The minimum atomic E-state index is 0.172. The van der Waals surface area contributed by atoms with Gasteiger partial charge >= 0.3 is 0 Å². The summed E-state index contributed by atoms with van der Waals surface area (Å²) in [4.78, 5) is 4.38. The van der Waals surface area contributed by atoms with Crippen molar-refractivity contribution in [3.63, 3.8) is 0 Å². The molecule has 0 radical (unpaired) electrons. The molecule has 3 nitrogen and oxygen atoms in total. The van der Waals surface area contributed by atoms with E-state index in [0.717, 1.165) is 18.2 Å². The third-order valence-electron chi connectivity index (χ3n) is 2.22. The van der Waals surface area contributed by atoms with Crippen molar-refractivity contribution in [1.82, 2.24) is 10.3 Å². The molecule has 1 unspecified atom stereocenters. The van der Waals surface area contributed by atoms with Crippen LogP contribution < -0.4 is 5.32 Å². The van der Waals surface area contributed by atoms with Gasteiger partial charge in [-0.2, -0.15) is 0 Å². The molecule has 0 saturated heterocycles. The van der Waals surface area contributed by atoms with Crippen LogP contribution in [0.1, 0.15) is 31.8 Å². The van der Waals surface area contributed by atoms with Gasteiger partial charge in [0.05, 0.1) is 12.6 Å². The third-order valence-corrected chi connectivity index (χ3v) is 3.06. The van der Waals surface area contributed by atoms with Gasteiger partial charge in [-0.05, 0) is 5.41 Å². The van der Waals surface area contributed by atoms with Gasteiger partial charge in [0, 0.05) is 25.2 Å². The Morgan fingerprint density at radius 2 is 2.27 bits per heavy atom. The Kier molecular flexibility index (Phi) is 4.70. The van der Waals surface area contributed by atoms with Crippen molar-refractivity contribution in [1.29, 1.82) is 0 Å². The molecule has 1 aromatic rings. The van der Waals surface area contributed by atoms with Crippen molar-refractivity contribution in [3.8, 4) is 0 Å². The molecule has 1 rings (SSSR count). The number of nitrogens with one attached hydrogen (secondary N) is 1. The van der Waals surface area contributed by atoms with Crippen LogP contribution in [0.5, 0.6) is 0 Å². The van der Waals surface area contributed by atoms with Gasteiger partial charge in [0.25, 0.3) is 0 Å². The molecule has 1 heterocycles. The molecule has 0 saturated carbocycles. The van der Waals surface area contributed by atoms with E-state index in [9.17, 15) is 0 Å². The van der Waals surface area contributed by atoms with Gasteiger partial charge in [0.2, 0.25) is 0 Å². The quantitative estimate of drug-likeness (QED) is 0.786. The predicted octanol–water partition coefficient (Wildman–Crippen LogP) is 2.47. The molecule has 0 aliphatic rings. The predicted molar refractivity (Wildman–Crippen MR) is 64.2 cm³/mol. The maximum Gasteiger partial charge on any atom is 0.110 e. The molecular weight excluding hydrogens is 208 g/mol. The summed E-state index contributed by atoms with van der Waals surface area (Å²) in [5.74, 6) is 0. The summed E-state index contributed by atoms with van der Waals surface area (Å²) in [5, 5.41) is 6.66. The minimum absolute atomic E-state index is 0.172. The first-order valence-corrected chi connectivity index (χ1v) is 6.05. The van der Waals surface area contributed by atoms with Crippen LogP contribution in [0.15, 0.2) is 11.6 Å². The Balaban J connectivity index is 2.63. The van der Waals surface area contributed by atoms with Crippen LogP contribution in [0.4, 0.5) is 0 Å². The number of methoxy groups -OCH3 is 1. The van der Waals surface area contributed by atoms with Gasteiger partial charge in [-0.25, -0.2) is 4.98 Å². The van der Waals surface area contributed by atoms with Crippen LogP contribution in [0.3, 0.4) is 0 Å². The topological polar surface area (TPSA) is 34.1 Å². The van der Waals surface area contributed by atoms with Gasteiger partial charge < -0.3 is 10.1 Å². The molecule has 0 bridgehead atoms. The molecule has 1 aromatic heterocycles. The van der Waals surface area contributed by atoms with Crippen LogP contribution >= 0.6 is 11.3 Å². The van der Waals surface area contributed by atoms with E-state index in [1.807, 2.05) is 11.6 Å². The zero-order chi connectivity index (χ0) is 11.3. The summed E-state index contributed by atoms with van der Waals surface area (Å²) < 4.78 is 5.04. The molecule has 15 heavy (non-hydrogen) atoms. The Bertz CT molecular complexity index is 267. The molecule has 0 fully saturated rings. The Morgan fingerprint density at radius 3 is 2.73 bits per heavy atom. The second-order valence-electron chi connectivity index (χ2n) is 4.62. The van der Waals surface area contributed by atoms with Crippen LogP contribution in [0.25, 0.3) is 0 Å². The first-order chi connectivity index (χ1) is 7.05. The zero-order valence-corrected chi connectivity index (χ0v) is 10.7. The fraction of sp³-hybridized carbons (Fsp3) is 0.727. The summed E-state index contributed by atoms with van der Waals surface area (Å²) in [6.45, 7) is 8.26. The van der Waals surface area contributed by atoms with Gasteiger partial charge in [0.15, 0.2) is 0 Å². The summed E-state index contributed by atoms with van der Waals surface area (Å²) in [5.41, 5.74) is 0.172. The molecule has 86 valence electrons. The highest BCUT2D eigenvalue weighted by molar-refractivity contribution is 7.09. The smallest absolute Gasteiger partial charge is 0.110 e. The third kappa shape index (κ3) is 3.89. The Hall–Kier alpha value is -0.450. The fourth-order valence-electron chi connectivity index (χ4n) is 1.45. The van der Waals surface area contributed by atoms with Crippen molar-refractivity contribution in [3.05, 3.63) is 16.6 Å². The highest BCUT2D eigenvalue weighted by Gasteiger charge is 2.27. The molecule has 1 atom stereocenters. The van der Waals surface area contributed by atoms with Gasteiger partial charge in [-0.15, -0.1) is 11.3 Å². The number of aromatic nitrogens is 1. The van der Waals surface area contributed by atoms with Crippen molar-refractivity contribution >= 4 is 11.3 Å². The van der Waals surface area contributed by atoms with E-state index in [4.69, 9.17) is 4.74 Å². The molecular formula is C11H20N2OS. The lowest BCUT2D eigenvalue weighted by Gasteiger charge is -2.29. The minimum Gasteiger partial charge on any atom is -0.383 e. The summed E-state index contributed by atoms with van der Waals surface area (Å²) >= 11 is 1.70. The summed E-state index contributed by atoms with van der Waals surface area (Å²) in [7, 11) is 1.72. The lowest BCUT2D eigenvalue weighted by Crippen LogP contribution is -2.34. The lowest BCUT2D eigenvalue weighted by atomic mass is 9.87. The largest absolute Gasteiger partial charge is 0.383 e. The van der Waals surface area contributed by atoms with E-state index in [1.165, 1.54) is 0 Å². The second-order valence-corrected chi connectivity index (χ2v) is 5.54. The molecule has 0 aliphatic heterocycles. The molecule has 0 spiro atoms. The normalized spacial score (nSPS) is 14.1. The van der Waals surface area contributed by atoms with Gasteiger partial charge in [-0.1, -0.05) is 20.8 Å². The van der Waals surface area contributed by atoms with Crippen molar-refractivity contribution in [2.24, 2.45) is 5.41 Å². The molecule has 4 heteroatoms. The van der Waals surface area contributed by atoms with Crippen LogP contribution in [-0.4, -0.2) is 25.2 Å². The molecule has 0 aromatic carbocycles. The van der Waals surface area contributed by atoms with Crippen LogP contribution in [0.2, 0.25) is 0 Å². The highest BCUT2D eigenvalue weighted by Crippen LogP contribution is 2.33. The average molecular weight is 228 g/mol.